The smallest absolute Gasteiger partial charge is 0.263 e. The van der Waals surface area contributed by atoms with Crippen LogP contribution in [0.25, 0.3) is 0 Å². The van der Waals surface area contributed by atoms with Gasteiger partial charge in [0.05, 0.1) is 23.5 Å². The van der Waals surface area contributed by atoms with E-state index in [4.69, 9.17) is 4.74 Å². The van der Waals surface area contributed by atoms with Crippen molar-refractivity contribution in [1.29, 1.82) is 0 Å². The summed E-state index contributed by atoms with van der Waals surface area (Å²) in [6.45, 7) is 7.74. The number of anilines is 5. The number of carbonyl (C=O) groups excluding carboxylic acids is 2. The molecule has 0 radical (unpaired) electrons. The topological polar surface area (TPSA) is 135 Å². The molecule has 2 fully saturated rings. The normalized spacial score (nSPS) is 17.1. The molecule has 1 aromatic carbocycles. The van der Waals surface area contributed by atoms with Gasteiger partial charge in [-0.2, -0.15) is 0 Å². The average molecular weight is 559 g/mol. The van der Waals surface area contributed by atoms with Crippen molar-refractivity contribution in [1.82, 2.24) is 19.8 Å². The molecule has 12 heteroatoms. The molecule has 0 bridgehead atoms. The Labute approximate surface area is 237 Å². The molecule has 0 saturated carbocycles. The summed E-state index contributed by atoms with van der Waals surface area (Å²) in [5.74, 6) is 0.395. The number of likely N-dealkylation sites (tertiary alicyclic amines) is 1. The van der Waals surface area contributed by atoms with Crippen LogP contribution in [0, 0.1) is 12.8 Å². The molecule has 0 unspecified atom stereocenters. The number of pyridine rings is 2. The third-order valence-corrected chi connectivity index (χ3v) is 7.90. The van der Waals surface area contributed by atoms with E-state index in [1.807, 2.05) is 43.1 Å². The summed E-state index contributed by atoms with van der Waals surface area (Å²) in [5.41, 5.74) is 3.74. The number of nitrogens with zero attached hydrogens (tertiary/aromatic N) is 4. The van der Waals surface area contributed by atoms with Crippen LogP contribution in [0.4, 0.5) is 28.4 Å². The van der Waals surface area contributed by atoms with Crippen molar-refractivity contribution in [2.75, 3.05) is 80.3 Å². The highest BCUT2D eigenvalue weighted by Gasteiger charge is 2.34. The van der Waals surface area contributed by atoms with Crippen molar-refractivity contribution in [2.45, 2.75) is 6.92 Å². The molecule has 5 heterocycles. The van der Waals surface area contributed by atoms with Gasteiger partial charge in [0.25, 0.3) is 11.5 Å². The van der Waals surface area contributed by atoms with Gasteiger partial charge in [-0.05, 0) is 44.3 Å². The van der Waals surface area contributed by atoms with E-state index in [2.05, 4.69) is 35.7 Å². The van der Waals surface area contributed by atoms with Crippen molar-refractivity contribution in [3.63, 3.8) is 0 Å². The fourth-order valence-corrected chi connectivity index (χ4v) is 5.55. The molecule has 4 N–H and O–H groups in total. The molecule has 214 valence electrons. The number of hydrogen-bond acceptors (Lipinski definition) is 9. The average Bonchev–Trinajstić information content (AvgIpc) is 2.97. The molecule has 0 spiro atoms. The van der Waals surface area contributed by atoms with E-state index < -0.39 is 11.5 Å². The minimum atomic E-state index is -0.527. The summed E-state index contributed by atoms with van der Waals surface area (Å²) in [6.07, 6.45) is 3.13. The molecular weight excluding hydrogens is 524 g/mol. The highest BCUT2D eigenvalue weighted by atomic mass is 16.5. The summed E-state index contributed by atoms with van der Waals surface area (Å²) < 4.78 is 5.60. The number of piperazine rings is 1. The fourth-order valence-electron chi connectivity index (χ4n) is 5.55. The molecule has 3 aromatic rings. The lowest BCUT2D eigenvalue weighted by Crippen LogP contribution is -2.56. The molecule has 12 nitrogen and oxygen atoms in total. The Morgan fingerprint density at radius 2 is 1.80 bits per heavy atom. The van der Waals surface area contributed by atoms with Crippen LogP contribution < -0.4 is 31.1 Å². The predicted molar refractivity (Wildman–Crippen MR) is 157 cm³/mol. The molecule has 2 aromatic heterocycles. The SMILES string of the molecule is Cc1c(Nc2cc[nH]c(=O)c2C(=O)Nc2ccc(N3CCN(C(=O)C4CN(C)C4)CC3)cc2)cnc2c1NCCO2. The van der Waals surface area contributed by atoms with E-state index in [0.717, 1.165) is 43.1 Å². The Morgan fingerprint density at radius 3 is 2.54 bits per heavy atom. The van der Waals surface area contributed by atoms with Crippen LogP contribution in [-0.2, 0) is 4.79 Å². The number of amides is 2. The minimum Gasteiger partial charge on any atom is -0.474 e. The van der Waals surface area contributed by atoms with Crippen molar-refractivity contribution in [2.24, 2.45) is 5.92 Å². The zero-order chi connectivity index (χ0) is 28.5. The Hall–Kier alpha value is -4.58. The number of nitrogens with one attached hydrogen (secondary N) is 4. The molecule has 41 heavy (non-hydrogen) atoms. The van der Waals surface area contributed by atoms with E-state index in [1.54, 1.807) is 12.3 Å². The van der Waals surface area contributed by atoms with Gasteiger partial charge in [0.1, 0.15) is 17.9 Å². The lowest BCUT2D eigenvalue weighted by atomic mass is 9.99. The van der Waals surface area contributed by atoms with Gasteiger partial charge in [0.2, 0.25) is 11.8 Å². The van der Waals surface area contributed by atoms with Gasteiger partial charge >= 0.3 is 0 Å². The third-order valence-electron chi connectivity index (χ3n) is 7.90. The zero-order valence-electron chi connectivity index (χ0n) is 23.2. The quantitative estimate of drug-likeness (QED) is 0.359. The maximum Gasteiger partial charge on any atom is 0.263 e. The molecule has 3 aliphatic heterocycles. The van der Waals surface area contributed by atoms with Crippen LogP contribution in [0.5, 0.6) is 5.88 Å². The first kappa shape index (κ1) is 26.6. The molecule has 6 rings (SSSR count). The third kappa shape index (κ3) is 5.42. The molecule has 0 aliphatic carbocycles. The molecule has 2 amide bonds. The predicted octanol–water partition coefficient (Wildman–Crippen LogP) is 2.09. The van der Waals surface area contributed by atoms with E-state index in [-0.39, 0.29) is 17.4 Å². The Morgan fingerprint density at radius 1 is 1.05 bits per heavy atom. The summed E-state index contributed by atoms with van der Waals surface area (Å²) >= 11 is 0. The number of benzene rings is 1. The van der Waals surface area contributed by atoms with Crippen molar-refractivity contribution >= 4 is 40.3 Å². The van der Waals surface area contributed by atoms with Crippen LogP contribution >= 0.6 is 0 Å². The number of H-pyrrole nitrogens is 1. The van der Waals surface area contributed by atoms with Crippen LogP contribution in [0.3, 0.4) is 0 Å². The monoisotopic (exact) mass is 558 g/mol. The van der Waals surface area contributed by atoms with E-state index in [9.17, 15) is 14.4 Å². The Balaban J connectivity index is 1.11. The van der Waals surface area contributed by atoms with E-state index in [0.29, 0.717) is 49.2 Å². The number of aromatic amines is 1. The van der Waals surface area contributed by atoms with Gasteiger partial charge in [-0.25, -0.2) is 4.98 Å². The minimum absolute atomic E-state index is 0.0312. The second-order valence-corrected chi connectivity index (χ2v) is 10.7. The summed E-state index contributed by atoms with van der Waals surface area (Å²) in [5, 5.41) is 9.34. The van der Waals surface area contributed by atoms with Crippen molar-refractivity contribution in [3.05, 3.63) is 64.2 Å². The van der Waals surface area contributed by atoms with E-state index >= 15 is 0 Å². The lowest BCUT2D eigenvalue weighted by molar-refractivity contribution is -0.140. The van der Waals surface area contributed by atoms with Crippen LogP contribution in [0.15, 0.2) is 47.5 Å². The number of aromatic nitrogens is 2. The molecular formula is C29H34N8O4. The second-order valence-electron chi connectivity index (χ2n) is 10.7. The number of fused-ring (bicyclic) bond motifs is 1. The van der Waals surface area contributed by atoms with Gasteiger partial charge in [0, 0.05) is 68.9 Å². The second kappa shape index (κ2) is 11.1. The van der Waals surface area contributed by atoms with Gasteiger partial charge in [-0.15, -0.1) is 0 Å². The summed E-state index contributed by atoms with van der Waals surface area (Å²) in [4.78, 5) is 52.0. The number of hydrogen-bond donors (Lipinski definition) is 4. The summed E-state index contributed by atoms with van der Waals surface area (Å²) in [6, 6.07) is 9.18. The summed E-state index contributed by atoms with van der Waals surface area (Å²) in [7, 11) is 2.03. The number of ether oxygens (including phenoxy) is 1. The van der Waals surface area contributed by atoms with Crippen molar-refractivity contribution in [3.8, 4) is 5.88 Å². The highest BCUT2D eigenvalue weighted by Crippen LogP contribution is 2.34. The fraction of sp³-hybridized carbons (Fsp3) is 0.379. The van der Waals surface area contributed by atoms with Gasteiger partial charge < -0.3 is 40.4 Å². The Kier molecular flexibility index (Phi) is 7.23. The molecule has 0 atom stereocenters. The van der Waals surface area contributed by atoms with Gasteiger partial charge in [-0.3, -0.25) is 14.4 Å². The van der Waals surface area contributed by atoms with Gasteiger partial charge in [-0.1, -0.05) is 0 Å². The van der Waals surface area contributed by atoms with E-state index in [1.165, 1.54) is 6.20 Å². The van der Waals surface area contributed by atoms with Crippen LogP contribution in [-0.4, -0.2) is 91.0 Å². The Bertz CT molecular complexity index is 1510. The number of carbonyl (C=O) groups is 2. The number of rotatable bonds is 6. The largest absolute Gasteiger partial charge is 0.474 e. The molecule has 2 saturated heterocycles. The highest BCUT2D eigenvalue weighted by molar-refractivity contribution is 6.08. The van der Waals surface area contributed by atoms with Gasteiger partial charge in [0.15, 0.2) is 0 Å². The van der Waals surface area contributed by atoms with Crippen LogP contribution in [0.1, 0.15) is 15.9 Å². The first-order valence-corrected chi connectivity index (χ1v) is 13.9. The van der Waals surface area contributed by atoms with Crippen LogP contribution in [0.2, 0.25) is 0 Å². The zero-order valence-corrected chi connectivity index (χ0v) is 23.2. The van der Waals surface area contributed by atoms with Crippen molar-refractivity contribution < 1.29 is 14.3 Å². The maximum atomic E-state index is 13.3. The first-order valence-electron chi connectivity index (χ1n) is 13.9. The lowest BCUT2D eigenvalue weighted by Gasteiger charge is -2.41. The standard InChI is InChI=1S/C29H34N8O4/c1-18-23(15-32-28-25(18)30-9-14-41-28)34-22-7-8-31-26(38)24(22)27(39)33-20-3-5-21(6-4-20)36-10-12-37(13-11-36)29(40)19-16-35(2)17-19/h3-8,15,19,30H,9-14,16-17H2,1-2H3,(H,33,39)(H2,31,34,38). The molecule has 3 aliphatic rings. The first-order chi connectivity index (χ1) is 19.9. The maximum absolute atomic E-state index is 13.3.